The van der Waals surface area contributed by atoms with Gasteiger partial charge in [0.15, 0.2) is 0 Å². The summed E-state index contributed by atoms with van der Waals surface area (Å²) in [6.45, 7) is -0.239. The summed E-state index contributed by atoms with van der Waals surface area (Å²) in [4.78, 5) is 22.7. The lowest BCUT2D eigenvalue weighted by Gasteiger charge is -2.10. The summed E-state index contributed by atoms with van der Waals surface area (Å²) in [7, 11) is 3.59. The number of benzene rings is 1. The van der Waals surface area contributed by atoms with Crippen molar-refractivity contribution in [1.29, 1.82) is 0 Å². The zero-order valence-corrected chi connectivity index (χ0v) is 18.3. The maximum atomic E-state index is 13.0. The van der Waals surface area contributed by atoms with E-state index in [-0.39, 0.29) is 24.3 Å². The minimum absolute atomic E-state index is 0.0803. The highest BCUT2D eigenvalue weighted by Gasteiger charge is 2.44. The number of pyridine rings is 1. The van der Waals surface area contributed by atoms with E-state index in [1.165, 1.54) is 11.8 Å². The van der Waals surface area contributed by atoms with E-state index in [4.69, 9.17) is 11.6 Å². The van der Waals surface area contributed by atoms with Crippen molar-refractivity contribution < 1.29 is 9.18 Å². The van der Waals surface area contributed by atoms with Crippen molar-refractivity contribution in [2.45, 2.75) is 28.9 Å². The Hall–Kier alpha value is -2.38. The number of alkyl halides is 1. The highest BCUT2D eigenvalue weighted by Crippen LogP contribution is 2.48. The van der Waals surface area contributed by atoms with E-state index in [2.05, 4.69) is 22.1 Å². The summed E-state index contributed by atoms with van der Waals surface area (Å²) in [5, 5.41) is 2.17. The first kappa shape index (κ1) is 20.9. The fourth-order valence-corrected chi connectivity index (χ4v) is 4.58. The second-order valence-electron chi connectivity index (χ2n) is 7.50. The number of halogens is 2. The van der Waals surface area contributed by atoms with Crippen LogP contribution in [0.5, 0.6) is 0 Å². The van der Waals surface area contributed by atoms with Gasteiger partial charge in [0, 0.05) is 31.8 Å². The summed E-state index contributed by atoms with van der Waals surface area (Å²) in [5.41, 5.74) is 2.90. The first-order chi connectivity index (χ1) is 14.5. The van der Waals surface area contributed by atoms with Gasteiger partial charge < -0.3 is 9.47 Å². The maximum absolute atomic E-state index is 13.0. The number of imidazole rings is 1. The molecule has 4 rings (SSSR count). The number of nitrogens with zero attached hydrogens (tertiary/aromatic N) is 4. The van der Waals surface area contributed by atoms with Crippen LogP contribution < -0.4 is 0 Å². The maximum Gasteiger partial charge on any atom is 0.225 e. The first-order valence-corrected chi connectivity index (χ1v) is 10.9. The molecule has 0 radical (unpaired) electrons. The van der Waals surface area contributed by atoms with E-state index < -0.39 is 6.67 Å². The lowest BCUT2D eigenvalue weighted by atomic mass is 10.0. The molecule has 1 aliphatic carbocycles. The van der Waals surface area contributed by atoms with Crippen LogP contribution in [0.15, 0.2) is 59.0 Å². The van der Waals surface area contributed by atoms with E-state index in [9.17, 15) is 9.18 Å². The Morgan fingerprint density at radius 2 is 2.00 bits per heavy atom. The SMILES string of the molecule is CN(C)C(=O)[C@@H]1C[C@H]1c1ccc(-c2ncn(CCF)c2Sc2ccc(Cl)cn2)cc1. The zero-order chi connectivity index (χ0) is 21.3. The first-order valence-electron chi connectivity index (χ1n) is 9.70. The number of hydrogen-bond donors (Lipinski definition) is 0. The summed E-state index contributed by atoms with van der Waals surface area (Å²) in [6.07, 6.45) is 4.15. The molecule has 5 nitrogen and oxygen atoms in total. The van der Waals surface area contributed by atoms with Crippen molar-refractivity contribution in [3.63, 3.8) is 0 Å². The molecule has 0 spiro atoms. The average molecular weight is 445 g/mol. The lowest BCUT2D eigenvalue weighted by Crippen LogP contribution is -2.23. The normalized spacial score (nSPS) is 17.7. The van der Waals surface area contributed by atoms with Gasteiger partial charge in [-0.15, -0.1) is 0 Å². The molecule has 2 aromatic heterocycles. The van der Waals surface area contributed by atoms with E-state index in [0.717, 1.165) is 33.3 Å². The van der Waals surface area contributed by atoms with Crippen LogP contribution in [0.2, 0.25) is 5.02 Å². The molecule has 0 unspecified atom stereocenters. The lowest BCUT2D eigenvalue weighted by molar-refractivity contribution is -0.130. The van der Waals surface area contributed by atoms with Crippen LogP contribution in [-0.2, 0) is 11.3 Å². The van der Waals surface area contributed by atoms with Crippen LogP contribution in [-0.4, -0.2) is 46.1 Å². The molecule has 0 saturated heterocycles. The summed E-state index contributed by atoms with van der Waals surface area (Å²) in [6, 6.07) is 11.8. The Morgan fingerprint density at radius 1 is 1.23 bits per heavy atom. The van der Waals surface area contributed by atoms with Crippen LogP contribution in [0.3, 0.4) is 0 Å². The Balaban J connectivity index is 1.58. The number of hydrogen-bond acceptors (Lipinski definition) is 4. The molecule has 3 aromatic rings. The predicted molar refractivity (Wildman–Crippen MR) is 117 cm³/mol. The Labute approximate surface area is 184 Å². The van der Waals surface area contributed by atoms with E-state index in [0.29, 0.717) is 5.02 Å². The molecular formula is C22H22ClFN4OS. The van der Waals surface area contributed by atoms with Crippen molar-refractivity contribution in [3.05, 3.63) is 59.5 Å². The quantitative estimate of drug-likeness (QED) is 0.519. The van der Waals surface area contributed by atoms with Gasteiger partial charge in [0.05, 0.1) is 17.9 Å². The molecule has 1 fully saturated rings. The zero-order valence-electron chi connectivity index (χ0n) is 16.8. The highest BCUT2D eigenvalue weighted by molar-refractivity contribution is 7.99. The number of carbonyl (C=O) groups is 1. The van der Waals surface area contributed by atoms with Gasteiger partial charge in [0.1, 0.15) is 22.4 Å². The van der Waals surface area contributed by atoms with Crippen LogP contribution in [0.25, 0.3) is 11.3 Å². The van der Waals surface area contributed by atoms with Crippen molar-refractivity contribution in [1.82, 2.24) is 19.4 Å². The monoisotopic (exact) mass is 444 g/mol. The van der Waals surface area contributed by atoms with Crippen LogP contribution in [0.4, 0.5) is 4.39 Å². The van der Waals surface area contributed by atoms with Crippen LogP contribution in [0, 0.1) is 5.92 Å². The van der Waals surface area contributed by atoms with Gasteiger partial charge in [-0.3, -0.25) is 4.79 Å². The number of rotatable bonds is 7. The molecule has 0 bridgehead atoms. The standard InChI is InChI=1S/C22H22ClFN4OS/c1-27(2)21(29)18-11-17(18)14-3-5-15(6-4-14)20-22(28(10-9-24)13-26-20)30-19-8-7-16(23)12-25-19/h3-8,12-13,17-18H,9-11H2,1-2H3/t17-,18+/m0/s1. The number of aryl methyl sites for hydroxylation is 1. The van der Waals surface area contributed by atoms with Gasteiger partial charge in [-0.1, -0.05) is 35.9 Å². The third-order valence-corrected chi connectivity index (χ3v) is 6.47. The molecular weight excluding hydrogens is 423 g/mol. The van der Waals surface area contributed by atoms with E-state index in [1.54, 1.807) is 42.2 Å². The molecule has 0 N–H and O–H groups in total. The molecule has 8 heteroatoms. The van der Waals surface area contributed by atoms with Crippen LogP contribution >= 0.6 is 23.4 Å². The average Bonchev–Trinajstić information content (AvgIpc) is 3.45. The fraction of sp³-hybridized carbons (Fsp3) is 0.318. The van der Waals surface area contributed by atoms with Crippen molar-refractivity contribution in [2.75, 3.05) is 20.8 Å². The Morgan fingerprint density at radius 3 is 2.63 bits per heavy atom. The van der Waals surface area contributed by atoms with Gasteiger partial charge in [-0.2, -0.15) is 0 Å². The molecule has 1 amide bonds. The topological polar surface area (TPSA) is 51.0 Å². The highest BCUT2D eigenvalue weighted by atomic mass is 35.5. The Bertz CT molecular complexity index is 1040. The number of aromatic nitrogens is 3. The van der Waals surface area contributed by atoms with Crippen molar-refractivity contribution in [2.24, 2.45) is 5.92 Å². The largest absolute Gasteiger partial charge is 0.349 e. The molecule has 30 heavy (non-hydrogen) atoms. The molecule has 1 saturated carbocycles. The second kappa shape index (κ2) is 8.78. The molecule has 1 aliphatic rings. The summed E-state index contributed by atoms with van der Waals surface area (Å²) in [5.74, 6) is 0.546. The smallest absolute Gasteiger partial charge is 0.225 e. The van der Waals surface area contributed by atoms with Crippen molar-refractivity contribution >= 4 is 29.3 Å². The summed E-state index contributed by atoms with van der Waals surface area (Å²) >= 11 is 7.37. The Kier molecular flexibility index (Phi) is 6.11. The minimum Gasteiger partial charge on any atom is -0.349 e. The minimum atomic E-state index is -0.473. The molecule has 2 heterocycles. The fourth-order valence-electron chi connectivity index (χ4n) is 3.50. The van der Waals surface area contributed by atoms with Gasteiger partial charge in [-0.25, -0.2) is 14.4 Å². The third-order valence-electron chi connectivity index (χ3n) is 5.18. The second-order valence-corrected chi connectivity index (χ2v) is 8.95. The predicted octanol–water partition coefficient (Wildman–Crippen LogP) is 4.91. The van der Waals surface area contributed by atoms with Gasteiger partial charge in [0.25, 0.3) is 0 Å². The number of carbonyl (C=O) groups excluding carboxylic acids is 1. The van der Waals surface area contributed by atoms with Crippen LogP contribution in [0.1, 0.15) is 17.9 Å². The molecule has 0 aliphatic heterocycles. The van der Waals surface area contributed by atoms with Crippen molar-refractivity contribution in [3.8, 4) is 11.3 Å². The molecule has 156 valence electrons. The van der Waals surface area contributed by atoms with E-state index >= 15 is 0 Å². The van der Waals surface area contributed by atoms with E-state index in [1.807, 2.05) is 18.2 Å². The van der Waals surface area contributed by atoms with Gasteiger partial charge in [0.2, 0.25) is 5.91 Å². The molecule has 1 aromatic carbocycles. The molecule has 2 atom stereocenters. The van der Waals surface area contributed by atoms with Gasteiger partial charge in [-0.05, 0) is 41.8 Å². The third kappa shape index (κ3) is 4.37. The van der Waals surface area contributed by atoms with Gasteiger partial charge >= 0.3 is 0 Å². The number of amides is 1. The summed E-state index contributed by atoms with van der Waals surface area (Å²) < 4.78 is 14.9.